The van der Waals surface area contributed by atoms with Crippen molar-refractivity contribution >= 4 is 11.9 Å². The van der Waals surface area contributed by atoms with E-state index in [2.05, 4.69) is 11.9 Å². The zero-order valence-electron chi connectivity index (χ0n) is 10.5. The molecule has 4 heteroatoms. The third-order valence-electron chi connectivity index (χ3n) is 3.96. The number of nitrogens with one attached hydrogen (secondary N) is 1. The quantitative estimate of drug-likeness (QED) is 0.727. The van der Waals surface area contributed by atoms with E-state index in [0.29, 0.717) is 6.42 Å². The summed E-state index contributed by atoms with van der Waals surface area (Å²) >= 11 is 0. The number of allylic oxidation sites excluding steroid dienone is 2. The van der Waals surface area contributed by atoms with E-state index in [4.69, 9.17) is 0 Å². The van der Waals surface area contributed by atoms with Crippen LogP contribution in [0.4, 0.5) is 0 Å². The first-order chi connectivity index (χ1) is 8.54. The number of carbonyl (C=O) groups is 2. The second-order valence-electron chi connectivity index (χ2n) is 5.27. The predicted octanol–water partition coefficient (Wildman–Crippen LogP) is 1.59. The van der Waals surface area contributed by atoms with Crippen molar-refractivity contribution in [2.75, 3.05) is 0 Å². The SMILES string of the molecule is C=CCC(C)NC(=O)C1C2C=CC(C2)C1C(=O)O. The molecule has 0 saturated heterocycles. The van der Waals surface area contributed by atoms with E-state index in [0.717, 1.165) is 6.42 Å². The number of carboxylic acids is 1. The van der Waals surface area contributed by atoms with E-state index in [-0.39, 0.29) is 23.8 Å². The summed E-state index contributed by atoms with van der Waals surface area (Å²) in [5, 5.41) is 12.1. The molecule has 5 unspecified atom stereocenters. The zero-order chi connectivity index (χ0) is 13.3. The van der Waals surface area contributed by atoms with Gasteiger partial charge in [-0.15, -0.1) is 6.58 Å². The second-order valence-corrected chi connectivity index (χ2v) is 5.27. The van der Waals surface area contributed by atoms with Gasteiger partial charge in [0.15, 0.2) is 0 Å². The third-order valence-corrected chi connectivity index (χ3v) is 3.96. The molecule has 2 N–H and O–H groups in total. The number of hydrogen-bond donors (Lipinski definition) is 2. The van der Waals surface area contributed by atoms with Gasteiger partial charge in [0.2, 0.25) is 5.91 Å². The first-order valence-electron chi connectivity index (χ1n) is 6.37. The maximum absolute atomic E-state index is 12.2. The molecule has 5 atom stereocenters. The van der Waals surface area contributed by atoms with E-state index in [1.807, 2.05) is 19.1 Å². The standard InChI is InChI=1S/C14H19NO3/c1-3-4-8(2)15-13(16)11-9-5-6-10(7-9)12(11)14(17)18/h3,5-6,8-12H,1,4,7H2,2H3,(H,15,16)(H,17,18). The van der Waals surface area contributed by atoms with Gasteiger partial charge in [-0.1, -0.05) is 18.2 Å². The Labute approximate surface area is 107 Å². The topological polar surface area (TPSA) is 66.4 Å². The van der Waals surface area contributed by atoms with E-state index in [1.165, 1.54) is 0 Å². The lowest BCUT2D eigenvalue weighted by Crippen LogP contribution is -2.43. The molecule has 0 aromatic rings. The summed E-state index contributed by atoms with van der Waals surface area (Å²) in [6.45, 7) is 5.53. The van der Waals surface area contributed by atoms with Crippen molar-refractivity contribution in [2.24, 2.45) is 23.7 Å². The number of amides is 1. The summed E-state index contributed by atoms with van der Waals surface area (Å²) < 4.78 is 0. The minimum absolute atomic E-state index is 0.00699. The van der Waals surface area contributed by atoms with Crippen LogP contribution in [0, 0.1) is 23.7 Å². The van der Waals surface area contributed by atoms with Gasteiger partial charge in [0.1, 0.15) is 0 Å². The Morgan fingerprint density at radius 1 is 1.44 bits per heavy atom. The first-order valence-corrected chi connectivity index (χ1v) is 6.37. The predicted molar refractivity (Wildman–Crippen MR) is 67.8 cm³/mol. The van der Waals surface area contributed by atoms with Crippen molar-refractivity contribution in [3.63, 3.8) is 0 Å². The lowest BCUT2D eigenvalue weighted by molar-refractivity contribution is -0.148. The highest BCUT2D eigenvalue weighted by atomic mass is 16.4. The minimum Gasteiger partial charge on any atom is -0.481 e. The maximum atomic E-state index is 12.2. The monoisotopic (exact) mass is 249 g/mol. The highest BCUT2D eigenvalue weighted by Crippen LogP contribution is 2.48. The Morgan fingerprint density at radius 2 is 2.06 bits per heavy atom. The summed E-state index contributed by atoms with van der Waals surface area (Å²) in [5.74, 6) is -1.84. The summed E-state index contributed by atoms with van der Waals surface area (Å²) in [7, 11) is 0. The summed E-state index contributed by atoms with van der Waals surface area (Å²) in [5.41, 5.74) is 0. The Balaban J connectivity index is 2.07. The summed E-state index contributed by atoms with van der Waals surface area (Å²) in [6, 6.07) is 0.00699. The van der Waals surface area contributed by atoms with Crippen molar-refractivity contribution in [3.05, 3.63) is 24.8 Å². The average Bonchev–Trinajstić information content (AvgIpc) is 2.88. The van der Waals surface area contributed by atoms with E-state index < -0.39 is 17.8 Å². The Kier molecular flexibility index (Phi) is 3.55. The molecule has 1 amide bonds. The molecule has 18 heavy (non-hydrogen) atoms. The molecule has 0 aliphatic heterocycles. The molecule has 2 aliphatic rings. The summed E-state index contributed by atoms with van der Waals surface area (Å²) in [4.78, 5) is 23.5. The van der Waals surface area contributed by atoms with Crippen molar-refractivity contribution < 1.29 is 14.7 Å². The van der Waals surface area contributed by atoms with E-state index in [9.17, 15) is 14.7 Å². The molecule has 2 rings (SSSR count). The van der Waals surface area contributed by atoms with Crippen molar-refractivity contribution in [3.8, 4) is 0 Å². The van der Waals surface area contributed by atoms with Gasteiger partial charge in [0, 0.05) is 6.04 Å². The number of carboxylic acid groups (broad SMARTS) is 1. The molecular weight excluding hydrogens is 230 g/mol. The molecule has 0 aromatic heterocycles. The molecule has 1 saturated carbocycles. The fraction of sp³-hybridized carbons (Fsp3) is 0.571. The maximum Gasteiger partial charge on any atom is 0.307 e. The van der Waals surface area contributed by atoms with Crippen molar-refractivity contribution in [1.82, 2.24) is 5.32 Å². The minimum atomic E-state index is -0.858. The molecule has 0 radical (unpaired) electrons. The van der Waals surface area contributed by atoms with Gasteiger partial charge in [-0.25, -0.2) is 0 Å². The number of hydrogen-bond acceptors (Lipinski definition) is 2. The smallest absolute Gasteiger partial charge is 0.307 e. The Hall–Kier alpha value is -1.58. The number of carbonyl (C=O) groups excluding carboxylic acids is 1. The van der Waals surface area contributed by atoms with Gasteiger partial charge in [-0.3, -0.25) is 9.59 Å². The van der Waals surface area contributed by atoms with Crippen LogP contribution in [0.25, 0.3) is 0 Å². The lowest BCUT2D eigenvalue weighted by atomic mass is 9.82. The van der Waals surface area contributed by atoms with Gasteiger partial charge in [-0.2, -0.15) is 0 Å². The fourth-order valence-electron chi connectivity index (χ4n) is 3.16. The molecule has 0 heterocycles. The molecule has 2 bridgehead atoms. The third kappa shape index (κ3) is 2.19. The van der Waals surface area contributed by atoms with Gasteiger partial charge in [-0.05, 0) is 31.6 Å². The van der Waals surface area contributed by atoms with E-state index >= 15 is 0 Å². The van der Waals surface area contributed by atoms with Crippen LogP contribution >= 0.6 is 0 Å². The zero-order valence-corrected chi connectivity index (χ0v) is 10.5. The molecular formula is C14H19NO3. The highest BCUT2D eigenvalue weighted by molar-refractivity contribution is 5.87. The normalized spacial score (nSPS) is 34.3. The number of fused-ring (bicyclic) bond motifs is 2. The molecule has 4 nitrogen and oxygen atoms in total. The molecule has 2 aliphatic carbocycles. The fourth-order valence-corrected chi connectivity index (χ4v) is 3.16. The van der Waals surface area contributed by atoms with Gasteiger partial charge < -0.3 is 10.4 Å². The van der Waals surface area contributed by atoms with Gasteiger partial charge in [0.25, 0.3) is 0 Å². The largest absolute Gasteiger partial charge is 0.481 e. The molecule has 1 fully saturated rings. The van der Waals surface area contributed by atoms with Crippen LogP contribution in [0.3, 0.4) is 0 Å². The molecule has 0 spiro atoms. The first kappa shape index (κ1) is 12.9. The summed E-state index contributed by atoms with van der Waals surface area (Å²) in [6.07, 6.45) is 7.18. The number of rotatable bonds is 5. The van der Waals surface area contributed by atoms with Crippen molar-refractivity contribution in [2.45, 2.75) is 25.8 Å². The lowest BCUT2D eigenvalue weighted by Gasteiger charge is -2.25. The average molecular weight is 249 g/mol. The second kappa shape index (κ2) is 4.96. The van der Waals surface area contributed by atoms with Crippen LogP contribution in [0.1, 0.15) is 19.8 Å². The Bertz CT molecular complexity index is 402. The van der Waals surface area contributed by atoms with Crippen LogP contribution in [-0.2, 0) is 9.59 Å². The number of aliphatic carboxylic acids is 1. The molecule has 98 valence electrons. The van der Waals surface area contributed by atoms with Crippen LogP contribution in [0.2, 0.25) is 0 Å². The van der Waals surface area contributed by atoms with Crippen LogP contribution in [0.5, 0.6) is 0 Å². The Morgan fingerprint density at radius 3 is 2.61 bits per heavy atom. The van der Waals surface area contributed by atoms with Gasteiger partial charge in [0.05, 0.1) is 11.8 Å². The van der Waals surface area contributed by atoms with Crippen LogP contribution in [-0.4, -0.2) is 23.0 Å². The van der Waals surface area contributed by atoms with Crippen LogP contribution in [0.15, 0.2) is 24.8 Å². The van der Waals surface area contributed by atoms with Crippen molar-refractivity contribution in [1.29, 1.82) is 0 Å². The van der Waals surface area contributed by atoms with Crippen LogP contribution < -0.4 is 5.32 Å². The highest BCUT2D eigenvalue weighted by Gasteiger charge is 2.51. The van der Waals surface area contributed by atoms with E-state index in [1.54, 1.807) is 6.08 Å². The van der Waals surface area contributed by atoms with Gasteiger partial charge >= 0.3 is 5.97 Å². The molecule has 0 aromatic carbocycles.